The Morgan fingerprint density at radius 3 is 2.58 bits per heavy atom. The maximum atomic E-state index is 15.7. The molecule has 1 N–H and O–H groups in total. The summed E-state index contributed by atoms with van der Waals surface area (Å²) in [6.45, 7) is 6.05. The number of carbonyl (C=O) groups excluding carboxylic acids is 1. The van der Waals surface area contributed by atoms with Crippen LogP contribution in [0.2, 0.25) is 5.02 Å². The monoisotopic (exact) mass is 360 g/mol. The molecule has 1 amide bonds. The molecule has 0 aliphatic heterocycles. The molecule has 0 fully saturated rings. The average Bonchev–Trinajstić information content (AvgIpc) is 2.42. The van der Waals surface area contributed by atoms with E-state index in [-0.39, 0.29) is 12.1 Å². The van der Waals surface area contributed by atoms with Crippen LogP contribution >= 0.6 is 11.6 Å². The molecule has 0 saturated heterocycles. The smallest absolute Gasteiger partial charge is 0.410 e. The van der Waals surface area contributed by atoms with Crippen molar-refractivity contribution in [2.24, 2.45) is 0 Å². The predicted molar refractivity (Wildman–Crippen MR) is 93.0 cm³/mol. The second kappa shape index (κ2) is 8.65. The first-order chi connectivity index (χ1) is 11.1. The average molecular weight is 361 g/mol. The van der Waals surface area contributed by atoms with Crippen LogP contribution < -0.4 is 5.32 Å². The number of rotatable bonds is 7. The lowest BCUT2D eigenvalue weighted by Crippen LogP contribution is -2.51. The van der Waals surface area contributed by atoms with E-state index in [0.29, 0.717) is 18.2 Å². The van der Waals surface area contributed by atoms with Gasteiger partial charge in [-0.15, -0.1) is 0 Å². The van der Waals surface area contributed by atoms with Crippen LogP contribution in [0.5, 0.6) is 0 Å². The number of carbonyl (C=O) groups is 1. The standard InChI is InChI=1S/C17H26ClFN2O3/c1-16(2,3)24-15(22)20-17(19,12-21(4)9-10-23-5)13-7-6-8-14(18)11-13/h6-8,11H,9-10,12H2,1-5H3,(H,20,22). The maximum Gasteiger partial charge on any atom is 0.410 e. The number of hydrogen-bond acceptors (Lipinski definition) is 4. The molecule has 0 aliphatic carbocycles. The van der Waals surface area contributed by atoms with Crippen molar-refractivity contribution in [2.45, 2.75) is 32.2 Å². The van der Waals surface area contributed by atoms with Crippen LogP contribution in [0.15, 0.2) is 24.3 Å². The molecule has 0 bridgehead atoms. The molecule has 5 nitrogen and oxygen atoms in total. The summed E-state index contributed by atoms with van der Waals surface area (Å²) in [5.74, 6) is -2.14. The topological polar surface area (TPSA) is 50.8 Å². The van der Waals surface area contributed by atoms with Gasteiger partial charge in [0.2, 0.25) is 5.79 Å². The van der Waals surface area contributed by atoms with E-state index in [4.69, 9.17) is 21.1 Å². The lowest BCUT2D eigenvalue weighted by molar-refractivity contribution is 0.0144. The third-order valence-electron chi connectivity index (χ3n) is 3.15. The molecule has 1 aromatic rings. The molecule has 0 radical (unpaired) electrons. The van der Waals surface area contributed by atoms with Gasteiger partial charge in [-0.25, -0.2) is 9.18 Å². The third-order valence-corrected chi connectivity index (χ3v) is 3.38. The molecule has 1 aromatic carbocycles. The van der Waals surface area contributed by atoms with Crippen molar-refractivity contribution >= 4 is 17.7 Å². The number of benzene rings is 1. The van der Waals surface area contributed by atoms with Crippen LogP contribution in [0.3, 0.4) is 0 Å². The number of halogens is 2. The van der Waals surface area contributed by atoms with E-state index in [9.17, 15) is 4.79 Å². The number of hydrogen-bond donors (Lipinski definition) is 1. The molecule has 1 rings (SSSR count). The van der Waals surface area contributed by atoms with Crippen LogP contribution in [0.4, 0.5) is 9.18 Å². The normalized spacial score (nSPS) is 14.3. The third kappa shape index (κ3) is 7.03. The zero-order valence-electron chi connectivity index (χ0n) is 14.9. The molecule has 1 unspecified atom stereocenters. The van der Waals surface area contributed by atoms with Gasteiger partial charge in [0, 0.05) is 24.2 Å². The fourth-order valence-corrected chi connectivity index (χ4v) is 2.29. The number of alkyl halides is 1. The fraction of sp³-hybridized carbons (Fsp3) is 0.588. The number of methoxy groups -OCH3 is 1. The van der Waals surface area contributed by atoms with Crippen molar-refractivity contribution in [2.75, 3.05) is 33.9 Å². The van der Waals surface area contributed by atoms with E-state index in [1.54, 1.807) is 58.0 Å². The van der Waals surface area contributed by atoms with E-state index >= 15 is 4.39 Å². The van der Waals surface area contributed by atoms with Crippen LogP contribution in [0, 0.1) is 0 Å². The highest BCUT2D eigenvalue weighted by Gasteiger charge is 2.37. The van der Waals surface area contributed by atoms with Crippen LogP contribution in [-0.2, 0) is 15.3 Å². The van der Waals surface area contributed by atoms with Gasteiger partial charge in [0.05, 0.1) is 13.2 Å². The Kier molecular flexibility index (Phi) is 7.45. The van der Waals surface area contributed by atoms with Crippen molar-refractivity contribution < 1.29 is 18.7 Å². The largest absolute Gasteiger partial charge is 0.444 e. The van der Waals surface area contributed by atoms with Gasteiger partial charge in [0.15, 0.2) is 0 Å². The maximum absolute atomic E-state index is 15.7. The summed E-state index contributed by atoms with van der Waals surface area (Å²) in [4.78, 5) is 13.8. The fourth-order valence-electron chi connectivity index (χ4n) is 2.10. The Morgan fingerprint density at radius 2 is 2.04 bits per heavy atom. The molecule has 0 spiro atoms. The Balaban J connectivity index is 3.00. The first kappa shape index (κ1) is 20.7. The second-order valence-electron chi connectivity index (χ2n) is 6.67. The van der Waals surface area contributed by atoms with E-state index in [0.717, 1.165) is 0 Å². The van der Waals surface area contributed by atoms with Gasteiger partial charge in [0.1, 0.15) is 5.60 Å². The number of alkyl carbamates (subject to hydrolysis) is 1. The van der Waals surface area contributed by atoms with Crippen molar-refractivity contribution in [1.29, 1.82) is 0 Å². The van der Waals surface area contributed by atoms with Crippen molar-refractivity contribution in [1.82, 2.24) is 10.2 Å². The second-order valence-corrected chi connectivity index (χ2v) is 7.11. The molecular formula is C17H26ClFN2O3. The SMILES string of the molecule is COCCN(C)CC(F)(NC(=O)OC(C)(C)C)c1cccc(Cl)c1. The predicted octanol–water partition coefficient (Wildman–Crippen LogP) is 3.57. The zero-order valence-corrected chi connectivity index (χ0v) is 15.6. The Hall–Kier alpha value is -1.37. The lowest BCUT2D eigenvalue weighted by atomic mass is 10.0. The molecule has 0 saturated carbocycles. The van der Waals surface area contributed by atoms with Gasteiger partial charge in [-0.1, -0.05) is 23.7 Å². The Morgan fingerprint density at radius 1 is 1.38 bits per heavy atom. The first-order valence-electron chi connectivity index (χ1n) is 7.69. The molecule has 136 valence electrons. The van der Waals surface area contributed by atoms with E-state index in [2.05, 4.69) is 5.32 Å². The summed E-state index contributed by atoms with van der Waals surface area (Å²) >= 11 is 5.97. The molecule has 24 heavy (non-hydrogen) atoms. The zero-order chi connectivity index (χ0) is 18.4. The van der Waals surface area contributed by atoms with Crippen molar-refractivity contribution in [3.8, 4) is 0 Å². The minimum Gasteiger partial charge on any atom is -0.444 e. The Labute approximate surface area is 148 Å². The number of likely N-dealkylation sites (N-methyl/N-ethyl adjacent to an activating group) is 1. The molecule has 7 heteroatoms. The minimum atomic E-state index is -2.14. The van der Waals surface area contributed by atoms with Crippen molar-refractivity contribution in [3.63, 3.8) is 0 Å². The molecular weight excluding hydrogens is 335 g/mol. The van der Waals surface area contributed by atoms with Gasteiger partial charge in [-0.3, -0.25) is 10.2 Å². The van der Waals surface area contributed by atoms with Gasteiger partial charge in [0.25, 0.3) is 0 Å². The highest BCUT2D eigenvalue weighted by Crippen LogP contribution is 2.27. The molecule has 1 atom stereocenters. The van der Waals surface area contributed by atoms with Gasteiger partial charge in [-0.05, 0) is 40.0 Å². The first-order valence-corrected chi connectivity index (χ1v) is 8.07. The highest BCUT2D eigenvalue weighted by atomic mass is 35.5. The van der Waals surface area contributed by atoms with E-state index in [1.165, 1.54) is 6.07 Å². The Bertz CT molecular complexity index is 551. The molecule has 0 aromatic heterocycles. The number of ether oxygens (including phenoxy) is 2. The quantitative estimate of drug-likeness (QED) is 0.755. The number of nitrogens with zero attached hydrogens (tertiary/aromatic N) is 1. The molecule has 0 aliphatic rings. The van der Waals surface area contributed by atoms with Gasteiger partial charge in [-0.2, -0.15) is 0 Å². The van der Waals surface area contributed by atoms with Crippen LogP contribution in [0.1, 0.15) is 26.3 Å². The van der Waals surface area contributed by atoms with Crippen LogP contribution in [-0.4, -0.2) is 50.4 Å². The summed E-state index contributed by atoms with van der Waals surface area (Å²) in [6, 6.07) is 6.35. The number of amides is 1. The minimum absolute atomic E-state index is 0.0735. The van der Waals surface area contributed by atoms with E-state index in [1.807, 2.05) is 0 Å². The summed E-state index contributed by atoms with van der Waals surface area (Å²) < 4.78 is 25.8. The van der Waals surface area contributed by atoms with Gasteiger partial charge >= 0.3 is 6.09 Å². The number of nitrogens with one attached hydrogen (secondary N) is 1. The van der Waals surface area contributed by atoms with Crippen LogP contribution in [0.25, 0.3) is 0 Å². The summed E-state index contributed by atoms with van der Waals surface area (Å²) in [7, 11) is 3.32. The summed E-state index contributed by atoms with van der Waals surface area (Å²) in [5.41, 5.74) is -0.466. The van der Waals surface area contributed by atoms with Gasteiger partial charge < -0.3 is 9.47 Å². The summed E-state index contributed by atoms with van der Waals surface area (Å²) in [5, 5.41) is 2.72. The highest BCUT2D eigenvalue weighted by molar-refractivity contribution is 6.30. The van der Waals surface area contributed by atoms with Crippen molar-refractivity contribution in [3.05, 3.63) is 34.9 Å². The lowest BCUT2D eigenvalue weighted by Gasteiger charge is -2.32. The molecule has 0 heterocycles. The summed E-state index contributed by atoms with van der Waals surface area (Å²) in [6.07, 6.45) is -0.829. The van der Waals surface area contributed by atoms with E-state index < -0.39 is 17.5 Å².